The van der Waals surface area contributed by atoms with Crippen molar-refractivity contribution < 1.29 is 14.7 Å². The monoisotopic (exact) mass is 384 g/mol. The van der Waals surface area contributed by atoms with Gasteiger partial charge in [-0.2, -0.15) is 0 Å². The number of phenols is 1. The van der Waals surface area contributed by atoms with E-state index in [0.29, 0.717) is 29.6 Å². The zero-order valence-electron chi connectivity index (χ0n) is 15.8. The minimum Gasteiger partial charge on any atom is -0.506 e. The Bertz CT molecular complexity index is 1150. The van der Waals surface area contributed by atoms with Gasteiger partial charge in [0.05, 0.1) is 5.56 Å². The first kappa shape index (κ1) is 18.6. The number of aromatic hydroxyl groups is 1. The Labute approximate surface area is 169 Å². The number of anilines is 1. The quantitative estimate of drug-likeness (QED) is 0.676. The average Bonchev–Trinajstić information content (AvgIpc) is 3.24. The maximum absolute atomic E-state index is 13.1. The minimum absolute atomic E-state index is 0.0547. The molecule has 1 heterocycles. The van der Waals surface area contributed by atoms with E-state index < -0.39 is 6.04 Å². The molecule has 1 atom stereocenters. The lowest BCUT2D eigenvalue weighted by Crippen LogP contribution is -2.43. The van der Waals surface area contributed by atoms with E-state index in [4.69, 9.17) is 6.42 Å². The van der Waals surface area contributed by atoms with E-state index in [9.17, 15) is 14.7 Å². The van der Waals surface area contributed by atoms with Crippen LogP contribution in [0.15, 0.2) is 60.7 Å². The number of benzene rings is 3. The summed E-state index contributed by atoms with van der Waals surface area (Å²) in [5.41, 5.74) is 1.47. The van der Waals surface area contributed by atoms with E-state index in [1.54, 1.807) is 42.5 Å². The molecule has 144 valence electrons. The first-order valence-corrected chi connectivity index (χ1v) is 9.47. The highest BCUT2D eigenvalue weighted by Crippen LogP contribution is 2.31. The number of likely N-dealkylation sites (tertiary alicyclic amines) is 1. The standard InChI is InChI=1S/C24H20N2O3/c1-2-16-7-5-9-18(15-16)25-23(28)21-11-6-14-26(21)24(29)20-13-12-17-8-3-4-10-19(17)22(20)27/h1,3-5,7-10,12-13,15,21,27H,6,11,14H2,(H,25,28). The third-order valence-corrected chi connectivity index (χ3v) is 5.24. The maximum Gasteiger partial charge on any atom is 0.258 e. The number of rotatable bonds is 3. The van der Waals surface area contributed by atoms with Gasteiger partial charge in [0.15, 0.2) is 0 Å². The lowest BCUT2D eigenvalue weighted by molar-refractivity contribution is -0.119. The number of nitrogens with zero attached hydrogens (tertiary/aromatic N) is 1. The second-order valence-corrected chi connectivity index (χ2v) is 7.05. The highest BCUT2D eigenvalue weighted by atomic mass is 16.3. The summed E-state index contributed by atoms with van der Waals surface area (Å²) in [5, 5.41) is 14.9. The largest absolute Gasteiger partial charge is 0.506 e. The van der Waals surface area contributed by atoms with Gasteiger partial charge < -0.3 is 15.3 Å². The lowest BCUT2D eigenvalue weighted by Gasteiger charge is -2.24. The number of carbonyl (C=O) groups is 2. The molecule has 29 heavy (non-hydrogen) atoms. The van der Waals surface area contributed by atoms with Crippen molar-refractivity contribution in [2.24, 2.45) is 0 Å². The van der Waals surface area contributed by atoms with Crippen LogP contribution in [-0.2, 0) is 4.79 Å². The summed E-state index contributed by atoms with van der Waals surface area (Å²) in [6, 6.07) is 17.2. The molecular weight excluding hydrogens is 364 g/mol. The van der Waals surface area contributed by atoms with Crippen LogP contribution in [-0.4, -0.2) is 34.4 Å². The van der Waals surface area contributed by atoms with Gasteiger partial charge in [-0.15, -0.1) is 6.42 Å². The molecule has 0 spiro atoms. The number of fused-ring (bicyclic) bond motifs is 1. The summed E-state index contributed by atoms with van der Waals surface area (Å²) in [6.45, 7) is 0.466. The van der Waals surface area contributed by atoms with Crippen LogP contribution in [0.1, 0.15) is 28.8 Å². The molecule has 2 N–H and O–H groups in total. The minimum atomic E-state index is -0.595. The van der Waals surface area contributed by atoms with Crippen molar-refractivity contribution in [2.45, 2.75) is 18.9 Å². The summed E-state index contributed by atoms with van der Waals surface area (Å²) >= 11 is 0. The average molecular weight is 384 g/mol. The molecule has 3 aromatic carbocycles. The Balaban J connectivity index is 1.58. The van der Waals surface area contributed by atoms with Gasteiger partial charge in [0.2, 0.25) is 5.91 Å². The highest BCUT2D eigenvalue weighted by molar-refractivity contribution is 6.06. The summed E-state index contributed by atoms with van der Waals surface area (Å²) in [7, 11) is 0. The predicted octanol–water partition coefficient (Wildman–Crippen LogP) is 3.77. The van der Waals surface area contributed by atoms with Gasteiger partial charge in [0.1, 0.15) is 11.8 Å². The third-order valence-electron chi connectivity index (χ3n) is 5.24. The van der Waals surface area contributed by atoms with Gasteiger partial charge in [-0.3, -0.25) is 9.59 Å². The normalized spacial score (nSPS) is 15.8. The van der Waals surface area contributed by atoms with Crippen LogP contribution in [0.2, 0.25) is 0 Å². The van der Waals surface area contributed by atoms with E-state index in [1.165, 1.54) is 4.90 Å². The van der Waals surface area contributed by atoms with Crippen LogP contribution in [0.5, 0.6) is 5.75 Å². The molecule has 0 bridgehead atoms. The number of hydrogen-bond acceptors (Lipinski definition) is 3. The fourth-order valence-corrected chi connectivity index (χ4v) is 3.78. The first-order chi connectivity index (χ1) is 14.1. The molecule has 1 unspecified atom stereocenters. The molecular formula is C24H20N2O3. The molecule has 1 aliphatic rings. The summed E-state index contributed by atoms with van der Waals surface area (Å²) in [4.78, 5) is 27.5. The molecule has 1 aliphatic heterocycles. The van der Waals surface area contributed by atoms with Crippen LogP contribution in [0.4, 0.5) is 5.69 Å². The fraction of sp³-hybridized carbons (Fsp3) is 0.167. The van der Waals surface area contributed by atoms with Crippen LogP contribution in [0, 0.1) is 12.3 Å². The Hall–Kier alpha value is -3.78. The van der Waals surface area contributed by atoms with Crippen molar-refractivity contribution in [3.05, 3.63) is 71.8 Å². The molecule has 0 aromatic heterocycles. The number of carbonyl (C=O) groups excluding carboxylic acids is 2. The number of nitrogens with one attached hydrogen (secondary N) is 1. The van der Waals surface area contributed by atoms with E-state index in [2.05, 4.69) is 11.2 Å². The molecule has 1 fully saturated rings. The van der Waals surface area contributed by atoms with E-state index in [0.717, 1.165) is 11.8 Å². The van der Waals surface area contributed by atoms with Gasteiger partial charge in [0, 0.05) is 23.2 Å². The van der Waals surface area contributed by atoms with Crippen LogP contribution < -0.4 is 5.32 Å². The molecule has 0 radical (unpaired) electrons. The number of amides is 2. The number of phenolic OH excluding ortho intramolecular Hbond substituents is 1. The number of hydrogen-bond donors (Lipinski definition) is 2. The Morgan fingerprint density at radius 3 is 2.76 bits per heavy atom. The summed E-state index contributed by atoms with van der Waals surface area (Å²) < 4.78 is 0. The maximum atomic E-state index is 13.1. The van der Waals surface area contributed by atoms with Gasteiger partial charge in [-0.05, 0) is 42.5 Å². The smallest absolute Gasteiger partial charge is 0.258 e. The Morgan fingerprint density at radius 2 is 1.93 bits per heavy atom. The zero-order chi connectivity index (χ0) is 20.4. The van der Waals surface area contributed by atoms with E-state index >= 15 is 0 Å². The van der Waals surface area contributed by atoms with Gasteiger partial charge in [-0.25, -0.2) is 0 Å². The van der Waals surface area contributed by atoms with E-state index in [-0.39, 0.29) is 23.1 Å². The van der Waals surface area contributed by atoms with Gasteiger partial charge in [-0.1, -0.05) is 42.3 Å². The first-order valence-electron chi connectivity index (χ1n) is 9.47. The Kier molecular flexibility index (Phi) is 4.92. The molecule has 0 aliphatic carbocycles. The zero-order valence-corrected chi connectivity index (χ0v) is 15.8. The van der Waals surface area contributed by atoms with Crippen LogP contribution in [0.25, 0.3) is 10.8 Å². The van der Waals surface area contributed by atoms with Crippen molar-refractivity contribution in [1.29, 1.82) is 0 Å². The molecule has 4 rings (SSSR count). The second-order valence-electron chi connectivity index (χ2n) is 7.05. The van der Waals surface area contributed by atoms with E-state index in [1.807, 2.05) is 18.2 Å². The van der Waals surface area contributed by atoms with Gasteiger partial charge in [0.25, 0.3) is 5.91 Å². The molecule has 0 saturated carbocycles. The van der Waals surface area contributed by atoms with Crippen molar-refractivity contribution in [2.75, 3.05) is 11.9 Å². The fourth-order valence-electron chi connectivity index (χ4n) is 3.78. The predicted molar refractivity (Wildman–Crippen MR) is 113 cm³/mol. The van der Waals surface area contributed by atoms with Crippen LogP contribution in [0.3, 0.4) is 0 Å². The topological polar surface area (TPSA) is 69.6 Å². The summed E-state index contributed by atoms with van der Waals surface area (Å²) in [6.07, 6.45) is 6.71. The molecule has 1 saturated heterocycles. The van der Waals surface area contributed by atoms with Crippen LogP contribution >= 0.6 is 0 Å². The third kappa shape index (κ3) is 3.53. The van der Waals surface area contributed by atoms with Crippen molar-refractivity contribution >= 4 is 28.3 Å². The van der Waals surface area contributed by atoms with Crippen molar-refractivity contribution in [3.63, 3.8) is 0 Å². The number of terminal acetylenes is 1. The molecule has 5 heteroatoms. The second kappa shape index (κ2) is 7.69. The molecule has 2 amide bonds. The van der Waals surface area contributed by atoms with Crippen molar-refractivity contribution in [3.8, 4) is 18.1 Å². The lowest BCUT2D eigenvalue weighted by atomic mass is 10.0. The highest BCUT2D eigenvalue weighted by Gasteiger charge is 2.35. The summed E-state index contributed by atoms with van der Waals surface area (Å²) in [5.74, 6) is 1.88. The molecule has 5 nitrogen and oxygen atoms in total. The SMILES string of the molecule is C#Cc1cccc(NC(=O)C2CCCN2C(=O)c2ccc3ccccc3c2O)c1. The van der Waals surface area contributed by atoms with Gasteiger partial charge >= 0.3 is 0 Å². The Morgan fingerprint density at radius 1 is 1.10 bits per heavy atom. The molecule has 3 aromatic rings. The van der Waals surface area contributed by atoms with Crippen molar-refractivity contribution in [1.82, 2.24) is 4.90 Å².